The molecule has 13 nitrogen and oxygen atoms in total. The summed E-state index contributed by atoms with van der Waals surface area (Å²) in [7, 11) is 0. The number of hydrogen-bond acceptors (Lipinski definition) is 11. The lowest BCUT2D eigenvalue weighted by atomic mass is 9.85. The van der Waals surface area contributed by atoms with Gasteiger partial charge in [0, 0.05) is 29.0 Å². The Kier molecular flexibility index (Phi) is 11.9. The van der Waals surface area contributed by atoms with Crippen LogP contribution in [0.5, 0.6) is 5.75 Å². The first-order valence-electron chi connectivity index (χ1n) is 19.9. The molecule has 0 radical (unpaired) electrons. The number of β-amino-alcohol motifs (C(OH)–C–C–N with tert-alkyl or cyclic N) is 1. The fraction of sp³-hybridized carbons (Fsp3) is 0.432. The summed E-state index contributed by atoms with van der Waals surface area (Å²) < 4.78 is 8.12. The Hall–Kier alpha value is -5.25. The Morgan fingerprint density at radius 3 is 2.34 bits per heavy atom. The number of aliphatic hydroxyl groups excluding tert-OH is 1. The summed E-state index contributed by atoms with van der Waals surface area (Å²) in [6, 6.07) is 13.3. The van der Waals surface area contributed by atoms with E-state index in [0.29, 0.717) is 5.75 Å². The van der Waals surface area contributed by atoms with E-state index >= 15 is 0 Å². The Morgan fingerprint density at radius 2 is 1.68 bits per heavy atom. The lowest BCUT2D eigenvalue weighted by molar-refractivity contribution is -0.144. The third-order valence-electron chi connectivity index (χ3n) is 11.1. The van der Waals surface area contributed by atoms with Gasteiger partial charge in [-0.1, -0.05) is 45.0 Å². The minimum atomic E-state index is -0.941. The van der Waals surface area contributed by atoms with Gasteiger partial charge in [0.15, 0.2) is 5.82 Å². The van der Waals surface area contributed by atoms with E-state index in [-0.39, 0.29) is 49.9 Å². The summed E-state index contributed by atoms with van der Waals surface area (Å²) in [5, 5.41) is 26.5. The van der Waals surface area contributed by atoms with E-state index in [1.165, 1.54) is 15.3 Å². The van der Waals surface area contributed by atoms with Gasteiger partial charge in [0.1, 0.15) is 34.7 Å². The fourth-order valence-corrected chi connectivity index (χ4v) is 9.73. The highest BCUT2D eigenvalue weighted by Gasteiger charge is 2.44. The topological polar surface area (TPSA) is 164 Å². The predicted octanol–water partition coefficient (Wildman–Crippen LogP) is 6.74. The number of carbonyl (C=O) groups excluding carboxylic acids is 3. The van der Waals surface area contributed by atoms with Gasteiger partial charge in [-0.05, 0) is 87.9 Å². The number of amides is 3. The Morgan fingerprint density at radius 1 is 0.983 bits per heavy atom. The van der Waals surface area contributed by atoms with Gasteiger partial charge in [-0.2, -0.15) is 0 Å². The molecule has 5 aromatic rings. The number of benzene rings is 2. The van der Waals surface area contributed by atoms with Gasteiger partial charge in [0.05, 0.1) is 47.0 Å². The fourth-order valence-electron chi connectivity index (χ4n) is 7.70. The average molecular weight is 837 g/mol. The number of aryl methyl sites for hydroxylation is 3. The summed E-state index contributed by atoms with van der Waals surface area (Å²) in [5.74, 6) is 1.10. The molecule has 5 atom stereocenters. The molecule has 3 aromatic heterocycles. The van der Waals surface area contributed by atoms with Crippen LogP contribution in [0.25, 0.3) is 15.4 Å². The van der Waals surface area contributed by atoms with Gasteiger partial charge in [0.25, 0.3) is 0 Å². The highest BCUT2D eigenvalue weighted by Crippen LogP contribution is 2.39. The van der Waals surface area contributed by atoms with Crippen LogP contribution in [0.15, 0.2) is 59.0 Å². The summed E-state index contributed by atoms with van der Waals surface area (Å²) in [5.41, 5.74) is 8.14. The van der Waals surface area contributed by atoms with E-state index in [4.69, 9.17) is 9.73 Å². The molecule has 2 aliphatic heterocycles. The van der Waals surface area contributed by atoms with Crippen LogP contribution in [0.4, 0.5) is 0 Å². The lowest BCUT2D eigenvalue weighted by Crippen LogP contribution is -2.58. The molecule has 3 N–H and O–H groups in total. The van der Waals surface area contributed by atoms with E-state index in [9.17, 15) is 19.5 Å². The van der Waals surface area contributed by atoms with Crippen LogP contribution in [0, 0.1) is 33.1 Å². The van der Waals surface area contributed by atoms with Crippen LogP contribution in [-0.2, 0) is 14.4 Å². The van der Waals surface area contributed by atoms with Crippen molar-refractivity contribution in [2.45, 2.75) is 105 Å². The molecule has 15 heteroatoms. The second kappa shape index (κ2) is 16.8. The number of thiophene rings is 1. The molecule has 0 unspecified atom stereocenters. The van der Waals surface area contributed by atoms with Crippen LogP contribution in [-0.4, -0.2) is 84.5 Å². The maximum absolute atomic E-state index is 14.2. The van der Waals surface area contributed by atoms with Gasteiger partial charge >= 0.3 is 0 Å². The first kappa shape index (κ1) is 41.9. The van der Waals surface area contributed by atoms with Crippen molar-refractivity contribution in [3.63, 3.8) is 0 Å². The molecule has 0 saturated carbocycles. The third kappa shape index (κ3) is 8.59. The number of aromatic nitrogens is 4. The minimum absolute atomic E-state index is 0.00507. The SMILES string of the molecule is Cc1ncsc1-c1ccc([C@H](C)NC(=O)[C@@H]2C[C@@H](O)CN2C(=O)[C@@H](NC(=O)CCOc2ccc(C3=N[C@@H](C)c4nnc(C)n4-c4sc(C)c(C)c43)cc2)C(C)(C)C)cc1. The van der Waals surface area contributed by atoms with Gasteiger partial charge in [-0.15, -0.1) is 32.9 Å². The van der Waals surface area contributed by atoms with E-state index < -0.39 is 29.5 Å². The molecular weight excluding hydrogens is 785 g/mol. The number of nitrogens with zero attached hydrogens (tertiary/aromatic N) is 6. The first-order valence-corrected chi connectivity index (χ1v) is 21.6. The van der Waals surface area contributed by atoms with Gasteiger partial charge < -0.3 is 25.4 Å². The molecule has 2 aromatic carbocycles. The highest BCUT2D eigenvalue weighted by molar-refractivity contribution is 7.15. The Labute approximate surface area is 353 Å². The first-order chi connectivity index (χ1) is 28.0. The quantitative estimate of drug-likeness (QED) is 0.132. The Balaban J connectivity index is 0.964. The molecule has 310 valence electrons. The zero-order valence-corrected chi connectivity index (χ0v) is 36.6. The normalized spacial score (nSPS) is 18.6. The zero-order chi connectivity index (χ0) is 42.3. The average Bonchev–Trinajstić information content (AvgIpc) is 3.96. The summed E-state index contributed by atoms with van der Waals surface area (Å²) in [6.07, 6.45) is -0.757. The number of hydrogen-bond donors (Lipinski definition) is 3. The number of rotatable bonds is 11. The summed E-state index contributed by atoms with van der Waals surface area (Å²) in [4.78, 5) is 54.4. The van der Waals surface area contributed by atoms with Crippen molar-refractivity contribution in [2.24, 2.45) is 10.4 Å². The number of ether oxygens (including phenoxy) is 1. The highest BCUT2D eigenvalue weighted by atomic mass is 32.1. The molecule has 0 spiro atoms. The Bertz CT molecular complexity index is 2390. The van der Waals surface area contributed by atoms with Crippen molar-refractivity contribution in [3.05, 3.63) is 98.5 Å². The predicted molar refractivity (Wildman–Crippen MR) is 230 cm³/mol. The summed E-state index contributed by atoms with van der Waals surface area (Å²) >= 11 is 3.29. The second-order valence-electron chi connectivity index (χ2n) is 16.6. The van der Waals surface area contributed by atoms with Crippen molar-refractivity contribution in [3.8, 4) is 21.2 Å². The molecule has 2 aliphatic rings. The van der Waals surface area contributed by atoms with E-state index in [1.54, 1.807) is 22.7 Å². The summed E-state index contributed by atoms with van der Waals surface area (Å²) in [6.45, 7) is 17.8. The van der Waals surface area contributed by atoms with Crippen LogP contribution in [0.1, 0.15) is 104 Å². The number of carbonyl (C=O) groups is 3. The van der Waals surface area contributed by atoms with Crippen molar-refractivity contribution in [1.82, 2.24) is 35.3 Å². The second-order valence-corrected chi connectivity index (χ2v) is 18.6. The van der Waals surface area contributed by atoms with Crippen LogP contribution in [0.3, 0.4) is 0 Å². The largest absolute Gasteiger partial charge is 0.493 e. The van der Waals surface area contributed by atoms with Gasteiger partial charge in [-0.25, -0.2) is 4.98 Å². The monoisotopic (exact) mass is 836 g/mol. The number of thiazole rings is 1. The molecule has 7 rings (SSSR count). The molecular formula is C44H52N8O5S2. The molecule has 0 bridgehead atoms. The van der Waals surface area contributed by atoms with Crippen molar-refractivity contribution in [1.29, 1.82) is 0 Å². The standard InChI is InChI=1S/C44H52N8O5S2/c1-23-27(5)59-43-36(23)37(46-26(4)40-50-49-28(6)52(40)43)30-14-16-33(17-15-30)57-19-18-35(54)48-39(44(7,8)9)42(56)51-21-32(53)20-34(51)41(55)47-24(2)29-10-12-31(13-11-29)38-25(3)45-22-58-38/h10-17,22,24,26,32,34,39,53H,18-21H2,1-9H3,(H,47,55)(H,48,54)/t24-,26-,32+,34-,39+/m0/s1. The van der Waals surface area contributed by atoms with Crippen molar-refractivity contribution < 1.29 is 24.2 Å². The molecule has 3 amide bonds. The third-order valence-corrected chi connectivity index (χ3v) is 13.3. The molecule has 0 aliphatic carbocycles. The maximum Gasteiger partial charge on any atom is 0.246 e. The molecule has 5 heterocycles. The molecule has 59 heavy (non-hydrogen) atoms. The van der Waals surface area contributed by atoms with Gasteiger partial charge in [-0.3, -0.25) is 23.9 Å². The number of fused-ring (bicyclic) bond motifs is 3. The molecule has 1 fully saturated rings. The number of nitrogens with one attached hydrogen (secondary N) is 2. The van der Waals surface area contributed by atoms with Crippen molar-refractivity contribution >= 4 is 46.1 Å². The number of likely N-dealkylation sites (tertiary alicyclic amines) is 1. The van der Waals surface area contributed by atoms with Crippen LogP contribution in [0.2, 0.25) is 0 Å². The smallest absolute Gasteiger partial charge is 0.246 e. The van der Waals surface area contributed by atoms with Gasteiger partial charge in [0.2, 0.25) is 17.7 Å². The van der Waals surface area contributed by atoms with E-state index in [0.717, 1.165) is 55.2 Å². The zero-order valence-electron chi connectivity index (χ0n) is 35.0. The van der Waals surface area contributed by atoms with E-state index in [2.05, 4.69) is 44.2 Å². The minimum Gasteiger partial charge on any atom is -0.493 e. The van der Waals surface area contributed by atoms with E-state index in [1.807, 2.05) is 103 Å². The lowest BCUT2D eigenvalue weighted by Gasteiger charge is -2.35. The van der Waals surface area contributed by atoms with Crippen molar-refractivity contribution in [2.75, 3.05) is 13.2 Å². The number of aliphatic imine (C=N–C) groups is 1. The van der Waals surface area contributed by atoms with Crippen LogP contribution < -0.4 is 15.4 Å². The number of aliphatic hydroxyl groups is 1. The molecule has 1 saturated heterocycles. The maximum atomic E-state index is 14.2. The van der Waals surface area contributed by atoms with Crippen LogP contribution >= 0.6 is 22.7 Å².